The van der Waals surface area contributed by atoms with Crippen molar-refractivity contribution in [3.63, 3.8) is 0 Å². The van der Waals surface area contributed by atoms with Crippen LogP contribution in [0.1, 0.15) is 15.9 Å². The maximum Gasteiger partial charge on any atom is 0.257 e. The predicted molar refractivity (Wildman–Crippen MR) is 82.4 cm³/mol. The van der Waals surface area contributed by atoms with Gasteiger partial charge in [-0.1, -0.05) is 23.7 Å². The van der Waals surface area contributed by atoms with E-state index in [0.29, 0.717) is 21.8 Å². The number of halogens is 1. The minimum Gasteiger partial charge on any atom is -0.360 e. The Labute approximate surface area is 126 Å². The number of aromatic amines is 1. The van der Waals surface area contributed by atoms with Gasteiger partial charge in [-0.3, -0.25) is 4.79 Å². The van der Waals surface area contributed by atoms with E-state index in [-0.39, 0.29) is 5.91 Å². The van der Waals surface area contributed by atoms with E-state index in [1.165, 1.54) is 0 Å². The Balaban J connectivity index is 1.98. The van der Waals surface area contributed by atoms with Crippen LogP contribution in [0.5, 0.6) is 0 Å². The molecule has 0 unspecified atom stereocenters. The first-order valence-electron chi connectivity index (χ1n) is 6.26. The summed E-state index contributed by atoms with van der Waals surface area (Å²) in [6.45, 7) is 0. The second kappa shape index (κ2) is 5.31. The van der Waals surface area contributed by atoms with Crippen LogP contribution >= 0.6 is 11.6 Å². The van der Waals surface area contributed by atoms with Gasteiger partial charge in [0, 0.05) is 22.1 Å². The number of rotatable bonds is 2. The predicted octanol–water partition coefficient (Wildman–Crippen LogP) is 3.95. The molecule has 21 heavy (non-hydrogen) atoms. The first-order valence-corrected chi connectivity index (χ1v) is 6.64. The molecule has 0 spiro atoms. The number of para-hydroxylation sites is 1. The summed E-state index contributed by atoms with van der Waals surface area (Å²) in [6.07, 6.45) is 1.63. The van der Waals surface area contributed by atoms with Crippen LogP contribution in [0, 0.1) is 11.3 Å². The van der Waals surface area contributed by atoms with Gasteiger partial charge in [0.1, 0.15) is 6.07 Å². The Hall–Kier alpha value is -2.77. The summed E-state index contributed by atoms with van der Waals surface area (Å²) in [7, 11) is 0. The molecule has 3 aromatic rings. The molecular weight excluding hydrogens is 286 g/mol. The summed E-state index contributed by atoms with van der Waals surface area (Å²) in [4.78, 5) is 15.4. The van der Waals surface area contributed by atoms with E-state index < -0.39 is 0 Å². The lowest BCUT2D eigenvalue weighted by Crippen LogP contribution is -2.12. The smallest absolute Gasteiger partial charge is 0.257 e. The van der Waals surface area contributed by atoms with Crippen molar-refractivity contribution in [2.45, 2.75) is 0 Å². The van der Waals surface area contributed by atoms with Gasteiger partial charge < -0.3 is 10.3 Å². The van der Waals surface area contributed by atoms with Crippen LogP contribution in [-0.4, -0.2) is 10.9 Å². The second-order valence-electron chi connectivity index (χ2n) is 4.50. The maximum atomic E-state index is 12.4. The fourth-order valence-corrected chi connectivity index (χ4v) is 2.33. The number of fused-ring (bicyclic) bond motifs is 1. The molecule has 1 aromatic heterocycles. The Kier molecular flexibility index (Phi) is 3.35. The third-order valence-corrected chi connectivity index (χ3v) is 3.42. The van der Waals surface area contributed by atoms with Gasteiger partial charge in [0.05, 0.1) is 16.8 Å². The maximum absolute atomic E-state index is 12.4. The Morgan fingerprint density at radius 3 is 2.86 bits per heavy atom. The zero-order valence-corrected chi connectivity index (χ0v) is 11.6. The monoisotopic (exact) mass is 295 g/mol. The van der Waals surface area contributed by atoms with Gasteiger partial charge in [0.25, 0.3) is 5.91 Å². The summed E-state index contributed by atoms with van der Waals surface area (Å²) in [5, 5.41) is 13.1. The third-order valence-electron chi connectivity index (χ3n) is 3.18. The minimum absolute atomic E-state index is 0.286. The summed E-state index contributed by atoms with van der Waals surface area (Å²) in [5.74, 6) is -0.286. The molecule has 102 valence electrons. The fraction of sp³-hybridized carbons (Fsp3) is 0. The molecule has 0 atom stereocenters. The lowest BCUT2D eigenvalue weighted by atomic mass is 10.1. The Morgan fingerprint density at radius 2 is 2.05 bits per heavy atom. The van der Waals surface area contributed by atoms with E-state index in [0.717, 1.165) is 10.9 Å². The molecular formula is C16H10ClN3O. The van der Waals surface area contributed by atoms with Crippen molar-refractivity contribution in [2.75, 3.05) is 5.32 Å². The number of anilines is 1. The van der Waals surface area contributed by atoms with E-state index in [1.54, 1.807) is 42.6 Å². The van der Waals surface area contributed by atoms with E-state index in [9.17, 15) is 4.79 Å². The van der Waals surface area contributed by atoms with Crippen LogP contribution in [-0.2, 0) is 0 Å². The third kappa shape index (κ3) is 2.47. The van der Waals surface area contributed by atoms with E-state index >= 15 is 0 Å². The van der Waals surface area contributed by atoms with E-state index in [2.05, 4.69) is 10.3 Å². The van der Waals surface area contributed by atoms with Crippen LogP contribution in [0.25, 0.3) is 10.9 Å². The fourth-order valence-electron chi connectivity index (χ4n) is 2.16. The van der Waals surface area contributed by atoms with Crippen LogP contribution in [0.3, 0.4) is 0 Å². The topological polar surface area (TPSA) is 68.7 Å². The molecule has 4 nitrogen and oxygen atoms in total. The number of carbonyl (C=O) groups excluding carboxylic acids is 1. The van der Waals surface area contributed by atoms with Gasteiger partial charge >= 0.3 is 0 Å². The zero-order chi connectivity index (χ0) is 14.8. The van der Waals surface area contributed by atoms with Crippen LogP contribution in [0.15, 0.2) is 48.7 Å². The van der Waals surface area contributed by atoms with E-state index in [1.807, 2.05) is 12.1 Å². The summed E-state index contributed by atoms with van der Waals surface area (Å²) >= 11 is 5.97. The second-order valence-corrected chi connectivity index (χ2v) is 4.94. The van der Waals surface area contributed by atoms with Crippen molar-refractivity contribution < 1.29 is 4.79 Å². The normalized spacial score (nSPS) is 10.3. The molecule has 2 aromatic carbocycles. The van der Waals surface area contributed by atoms with Gasteiger partial charge in [-0.05, 0) is 30.3 Å². The van der Waals surface area contributed by atoms with Gasteiger partial charge in [0.2, 0.25) is 0 Å². The largest absolute Gasteiger partial charge is 0.360 e. The van der Waals surface area contributed by atoms with Crippen molar-refractivity contribution in [1.29, 1.82) is 5.26 Å². The summed E-state index contributed by atoms with van der Waals surface area (Å²) < 4.78 is 0. The minimum atomic E-state index is -0.286. The molecule has 0 radical (unpaired) electrons. The highest BCUT2D eigenvalue weighted by Gasteiger charge is 2.13. The molecule has 3 rings (SSSR count). The highest BCUT2D eigenvalue weighted by molar-refractivity contribution is 6.31. The van der Waals surface area contributed by atoms with Crippen molar-refractivity contribution in [3.05, 3.63) is 64.8 Å². The number of nitrogens with zero attached hydrogens (tertiary/aromatic N) is 1. The standard InChI is InChI=1S/C16H10ClN3O/c17-11-5-6-15-12(7-11)13(9-19-15)16(21)20-14-4-2-1-3-10(14)8-18/h1-7,9,19H,(H,20,21). The number of benzene rings is 2. The molecule has 0 fully saturated rings. The summed E-state index contributed by atoms with van der Waals surface area (Å²) in [5.41, 5.74) is 2.23. The highest BCUT2D eigenvalue weighted by atomic mass is 35.5. The molecule has 0 aliphatic heterocycles. The van der Waals surface area contributed by atoms with Crippen LogP contribution in [0.2, 0.25) is 5.02 Å². The molecule has 0 aliphatic carbocycles. The van der Waals surface area contributed by atoms with Crippen molar-refractivity contribution >= 4 is 34.1 Å². The summed E-state index contributed by atoms with van der Waals surface area (Å²) in [6, 6.07) is 14.2. The van der Waals surface area contributed by atoms with Crippen molar-refractivity contribution in [1.82, 2.24) is 4.98 Å². The number of carbonyl (C=O) groups is 1. The van der Waals surface area contributed by atoms with E-state index in [4.69, 9.17) is 16.9 Å². The lowest BCUT2D eigenvalue weighted by Gasteiger charge is -2.06. The lowest BCUT2D eigenvalue weighted by molar-refractivity contribution is 0.102. The zero-order valence-electron chi connectivity index (χ0n) is 10.9. The molecule has 1 heterocycles. The average molecular weight is 296 g/mol. The number of nitrogens with one attached hydrogen (secondary N) is 2. The average Bonchev–Trinajstić information content (AvgIpc) is 2.90. The Morgan fingerprint density at radius 1 is 1.24 bits per heavy atom. The van der Waals surface area contributed by atoms with Gasteiger partial charge in [-0.2, -0.15) is 5.26 Å². The van der Waals surface area contributed by atoms with Gasteiger partial charge in [-0.25, -0.2) is 0 Å². The quantitative estimate of drug-likeness (QED) is 0.751. The van der Waals surface area contributed by atoms with Crippen LogP contribution < -0.4 is 5.32 Å². The number of aromatic nitrogens is 1. The Bertz CT molecular complexity index is 877. The van der Waals surface area contributed by atoms with Gasteiger partial charge in [-0.15, -0.1) is 0 Å². The van der Waals surface area contributed by atoms with Crippen molar-refractivity contribution in [2.24, 2.45) is 0 Å². The number of amides is 1. The van der Waals surface area contributed by atoms with Crippen LogP contribution in [0.4, 0.5) is 5.69 Å². The molecule has 0 aliphatic rings. The molecule has 5 heteroatoms. The number of hydrogen-bond acceptors (Lipinski definition) is 2. The number of H-pyrrole nitrogens is 1. The molecule has 0 bridgehead atoms. The molecule has 1 amide bonds. The first kappa shape index (κ1) is 13.2. The number of hydrogen-bond donors (Lipinski definition) is 2. The highest BCUT2D eigenvalue weighted by Crippen LogP contribution is 2.23. The molecule has 0 saturated heterocycles. The van der Waals surface area contributed by atoms with Crippen molar-refractivity contribution in [3.8, 4) is 6.07 Å². The molecule has 2 N–H and O–H groups in total. The number of nitriles is 1. The molecule has 0 saturated carbocycles. The SMILES string of the molecule is N#Cc1ccccc1NC(=O)c1c[nH]c2ccc(Cl)cc12. The first-order chi connectivity index (χ1) is 10.2. The van der Waals surface area contributed by atoms with Gasteiger partial charge in [0.15, 0.2) is 0 Å².